The Hall–Kier alpha value is -3.29. The molecular formula is C27H26Cl2N4O3. The molecule has 3 N–H and O–H groups in total. The highest BCUT2D eigenvalue weighted by Gasteiger charge is 2.56. The van der Waals surface area contributed by atoms with Gasteiger partial charge in [-0.25, -0.2) is 9.79 Å². The van der Waals surface area contributed by atoms with Crippen LogP contribution in [-0.2, 0) is 15.1 Å². The molecule has 2 heterocycles. The van der Waals surface area contributed by atoms with Gasteiger partial charge < -0.3 is 15.6 Å². The van der Waals surface area contributed by atoms with Gasteiger partial charge in [-0.2, -0.15) is 0 Å². The van der Waals surface area contributed by atoms with Crippen molar-refractivity contribution in [1.29, 1.82) is 0 Å². The summed E-state index contributed by atoms with van der Waals surface area (Å²) >= 11 is 12.6. The maximum absolute atomic E-state index is 12.1. The van der Waals surface area contributed by atoms with Crippen molar-refractivity contribution in [3.8, 4) is 11.1 Å². The van der Waals surface area contributed by atoms with E-state index in [1.807, 2.05) is 48.6 Å². The number of carboxylic acids is 1. The molecule has 2 aromatic rings. The number of hydrogen-bond donors (Lipinski definition) is 2. The quantitative estimate of drug-likeness (QED) is 0.566. The van der Waals surface area contributed by atoms with Gasteiger partial charge in [0.2, 0.25) is 0 Å². The van der Waals surface area contributed by atoms with Crippen molar-refractivity contribution in [1.82, 2.24) is 4.90 Å². The first kappa shape index (κ1) is 24.4. The first-order chi connectivity index (χ1) is 17.2. The molecule has 0 aromatic heterocycles. The van der Waals surface area contributed by atoms with Gasteiger partial charge in [-0.3, -0.25) is 9.89 Å². The largest absolute Gasteiger partial charge is 0.497 e. The molecule has 0 bridgehead atoms. The number of allylic oxidation sites excluding steroid dienone is 2. The van der Waals surface area contributed by atoms with Crippen LogP contribution in [0.15, 0.2) is 76.4 Å². The van der Waals surface area contributed by atoms with Gasteiger partial charge >= 0.3 is 5.97 Å². The van der Waals surface area contributed by atoms with E-state index in [9.17, 15) is 9.90 Å². The lowest BCUT2D eigenvalue weighted by atomic mass is 9.69. The third kappa shape index (κ3) is 3.96. The van der Waals surface area contributed by atoms with Crippen LogP contribution >= 0.6 is 23.2 Å². The van der Waals surface area contributed by atoms with Crippen molar-refractivity contribution >= 4 is 41.0 Å². The number of halogens is 2. The molecule has 3 aliphatic rings. The fourth-order valence-electron chi connectivity index (χ4n) is 5.45. The summed E-state index contributed by atoms with van der Waals surface area (Å²) in [5.41, 5.74) is 8.04. The summed E-state index contributed by atoms with van der Waals surface area (Å²) in [5, 5.41) is 11.0. The number of fused-ring (bicyclic) bond motifs is 1. The van der Waals surface area contributed by atoms with Gasteiger partial charge in [0.1, 0.15) is 17.6 Å². The fourth-order valence-corrected chi connectivity index (χ4v) is 5.98. The van der Waals surface area contributed by atoms with Crippen molar-refractivity contribution in [3.05, 3.63) is 82.1 Å². The number of guanidine groups is 1. The number of ether oxygens (including phenoxy) is 1. The SMILES string of the molecule is COC1=CC(C)C(C2(c3cccc(-c4cc(Cl)cc(Cl)c4)c3)N=C(N)N3C2=NCC[C@H]3C(=O)O)C=C1. The number of carbonyl (C=O) groups is 1. The standard InChI is InChI=1S/C27H26Cl2N4O3/c1-15-10-21(36-2)6-7-22(15)27(25-31-9-8-23(24(34)35)33(25)26(30)32-27)18-5-3-4-16(11-18)17-12-19(28)14-20(29)13-17/h3-7,10-15,22-23H,8-9H2,1-2H3,(H2,30,32)(H,34,35)/t15?,22?,23-,27?/m0/s1. The minimum atomic E-state index is -1.03. The number of benzene rings is 2. The van der Waals surface area contributed by atoms with Gasteiger partial charge in [0.25, 0.3) is 0 Å². The van der Waals surface area contributed by atoms with E-state index in [0.717, 1.165) is 22.4 Å². The molecule has 2 aromatic carbocycles. The molecule has 0 spiro atoms. The van der Waals surface area contributed by atoms with E-state index in [-0.39, 0.29) is 17.8 Å². The normalized spacial score (nSPS) is 27.2. The summed E-state index contributed by atoms with van der Waals surface area (Å²) < 4.78 is 5.46. The third-order valence-electron chi connectivity index (χ3n) is 7.05. The zero-order chi connectivity index (χ0) is 25.6. The molecule has 0 radical (unpaired) electrons. The average Bonchev–Trinajstić information content (AvgIpc) is 3.16. The molecule has 1 aliphatic carbocycles. The Morgan fingerprint density at radius 1 is 1.19 bits per heavy atom. The predicted molar refractivity (Wildman–Crippen MR) is 142 cm³/mol. The molecular weight excluding hydrogens is 499 g/mol. The second kappa shape index (κ2) is 9.30. The van der Waals surface area contributed by atoms with Gasteiger partial charge in [0.15, 0.2) is 11.5 Å². The van der Waals surface area contributed by atoms with Crippen LogP contribution in [0.1, 0.15) is 18.9 Å². The van der Waals surface area contributed by atoms with Gasteiger partial charge in [0.05, 0.1) is 7.11 Å². The van der Waals surface area contributed by atoms with Crippen molar-refractivity contribution in [2.45, 2.75) is 24.9 Å². The molecule has 0 saturated heterocycles. The molecule has 2 aliphatic heterocycles. The molecule has 36 heavy (non-hydrogen) atoms. The second-order valence-corrected chi connectivity index (χ2v) is 10.1. The number of carboxylic acid groups (broad SMARTS) is 1. The molecule has 0 amide bonds. The van der Waals surface area contributed by atoms with Crippen LogP contribution in [-0.4, -0.2) is 47.5 Å². The predicted octanol–water partition coefficient (Wildman–Crippen LogP) is 5.09. The number of methoxy groups -OCH3 is 1. The molecule has 5 rings (SSSR count). The number of aliphatic imine (C=N–C) groups is 2. The van der Waals surface area contributed by atoms with Crippen LogP contribution in [0, 0.1) is 11.8 Å². The number of nitrogens with zero attached hydrogens (tertiary/aromatic N) is 3. The van der Waals surface area contributed by atoms with E-state index in [1.54, 1.807) is 18.1 Å². The highest BCUT2D eigenvalue weighted by atomic mass is 35.5. The van der Waals surface area contributed by atoms with Crippen LogP contribution in [0.2, 0.25) is 10.0 Å². The van der Waals surface area contributed by atoms with Crippen molar-refractivity contribution in [2.24, 2.45) is 27.6 Å². The number of nitrogens with two attached hydrogens (primary N) is 1. The molecule has 9 heteroatoms. The minimum absolute atomic E-state index is 0.00127. The van der Waals surface area contributed by atoms with E-state index in [1.165, 1.54) is 0 Å². The Kier molecular flexibility index (Phi) is 6.30. The first-order valence-electron chi connectivity index (χ1n) is 11.7. The summed E-state index contributed by atoms with van der Waals surface area (Å²) in [6.45, 7) is 2.46. The van der Waals surface area contributed by atoms with Crippen molar-refractivity contribution in [2.75, 3.05) is 13.7 Å². The Morgan fingerprint density at radius 2 is 1.94 bits per heavy atom. The maximum Gasteiger partial charge on any atom is 0.326 e. The fraction of sp³-hybridized carbons (Fsp3) is 0.296. The lowest BCUT2D eigenvalue weighted by Crippen LogP contribution is -2.56. The van der Waals surface area contributed by atoms with Crippen LogP contribution in [0.3, 0.4) is 0 Å². The summed E-state index contributed by atoms with van der Waals surface area (Å²) in [5.74, 6) is 0.322. The van der Waals surface area contributed by atoms with Crippen LogP contribution in [0.25, 0.3) is 11.1 Å². The maximum atomic E-state index is 12.1. The molecule has 0 fully saturated rings. The third-order valence-corrected chi connectivity index (χ3v) is 7.48. The molecule has 4 atom stereocenters. The van der Waals surface area contributed by atoms with E-state index < -0.39 is 17.6 Å². The zero-order valence-electron chi connectivity index (χ0n) is 19.9. The van der Waals surface area contributed by atoms with Gasteiger partial charge in [-0.05, 0) is 65.4 Å². The topological polar surface area (TPSA) is 101 Å². The number of amidine groups is 1. The molecule has 3 unspecified atom stereocenters. The summed E-state index contributed by atoms with van der Waals surface area (Å²) in [4.78, 5) is 23.6. The molecule has 0 saturated carbocycles. The molecule has 7 nitrogen and oxygen atoms in total. The van der Waals surface area contributed by atoms with Crippen LogP contribution in [0.4, 0.5) is 0 Å². The van der Waals surface area contributed by atoms with Crippen LogP contribution < -0.4 is 5.73 Å². The molecule has 186 valence electrons. The average molecular weight is 525 g/mol. The lowest BCUT2D eigenvalue weighted by molar-refractivity contribution is -0.141. The van der Waals surface area contributed by atoms with Gasteiger partial charge in [-0.15, -0.1) is 0 Å². The summed E-state index contributed by atoms with van der Waals surface area (Å²) in [7, 11) is 1.63. The lowest BCUT2D eigenvalue weighted by Gasteiger charge is -2.41. The highest BCUT2D eigenvalue weighted by molar-refractivity contribution is 6.35. The van der Waals surface area contributed by atoms with E-state index in [4.69, 9.17) is 43.7 Å². The smallest absolute Gasteiger partial charge is 0.326 e. The minimum Gasteiger partial charge on any atom is -0.497 e. The monoisotopic (exact) mass is 524 g/mol. The van der Waals surface area contributed by atoms with Gasteiger partial charge in [-0.1, -0.05) is 54.4 Å². The Morgan fingerprint density at radius 3 is 2.61 bits per heavy atom. The number of aliphatic carboxylic acids is 1. The Bertz CT molecular complexity index is 1330. The first-order valence-corrected chi connectivity index (χ1v) is 12.4. The van der Waals surface area contributed by atoms with Gasteiger partial charge in [0, 0.05) is 22.5 Å². The number of rotatable bonds is 5. The van der Waals surface area contributed by atoms with E-state index >= 15 is 0 Å². The van der Waals surface area contributed by atoms with Crippen molar-refractivity contribution in [3.63, 3.8) is 0 Å². The van der Waals surface area contributed by atoms with Crippen LogP contribution in [0.5, 0.6) is 0 Å². The van der Waals surface area contributed by atoms with E-state index in [2.05, 4.69) is 13.0 Å². The zero-order valence-corrected chi connectivity index (χ0v) is 21.4. The summed E-state index contributed by atoms with van der Waals surface area (Å²) in [6.07, 6.45) is 6.37. The van der Waals surface area contributed by atoms with E-state index in [0.29, 0.717) is 28.8 Å². The Labute approximate surface area is 219 Å². The second-order valence-electron chi connectivity index (χ2n) is 9.21. The Balaban J connectivity index is 1.71. The summed E-state index contributed by atoms with van der Waals surface area (Å²) in [6, 6.07) is 12.5. The highest BCUT2D eigenvalue weighted by Crippen LogP contribution is 2.48. The van der Waals surface area contributed by atoms with Crippen molar-refractivity contribution < 1.29 is 14.6 Å². The number of hydrogen-bond acceptors (Lipinski definition) is 6.